The maximum atomic E-state index is 6.29. The van der Waals surface area contributed by atoms with Crippen molar-refractivity contribution in [1.29, 1.82) is 0 Å². The molecular weight excluding hydrogens is 260 g/mol. The minimum absolute atomic E-state index is 0.354. The molecule has 1 aromatic rings. The fourth-order valence-electron chi connectivity index (χ4n) is 1.97. The Morgan fingerprint density at radius 1 is 1.16 bits per heavy atom. The number of rotatable bonds is 2. The molecule has 0 amide bonds. The van der Waals surface area contributed by atoms with Gasteiger partial charge in [0.2, 0.25) is 0 Å². The summed E-state index contributed by atoms with van der Waals surface area (Å²) in [5.74, 6) is 0.354. The average molecular weight is 282 g/mol. The van der Waals surface area contributed by atoms with Crippen molar-refractivity contribution in [1.82, 2.24) is 4.98 Å². The van der Waals surface area contributed by atoms with Gasteiger partial charge in [-0.2, -0.15) is 0 Å². The van der Waals surface area contributed by atoms with E-state index in [9.17, 15) is 0 Å². The van der Waals surface area contributed by atoms with Crippen LogP contribution in [0.4, 0.5) is 0 Å². The minimum atomic E-state index is -0.455. The summed E-state index contributed by atoms with van der Waals surface area (Å²) in [7, 11) is -0.455. The summed E-state index contributed by atoms with van der Waals surface area (Å²) in [5.41, 5.74) is 1.06. The lowest BCUT2D eigenvalue weighted by molar-refractivity contribution is 0.00578. The van der Waals surface area contributed by atoms with Crippen LogP contribution in [-0.2, 0) is 9.31 Å². The zero-order chi connectivity index (χ0) is 14.4. The predicted octanol–water partition coefficient (Wildman–Crippen LogP) is 3.16. The second-order valence-corrected chi connectivity index (χ2v) is 6.78. The van der Waals surface area contributed by atoms with Crippen LogP contribution < -0.4 is 5.59 Å². The fraction of sp³-hybridized carbons (Fsp3) is 0.643. The first kappa shape index (κ1) is 14.8. The first-order valence-corrected chi connectivity index (χ1v) is 7.03. The van der Waals surface area contributed by atoms with Crippen LogP contribution in [0, 0.1) is 0 Å². The molecule has 0 spiro atoms. The highest BCUT2D eigenvalue weighted by Gasteiger charge is 2.52. The third-order valence-corrected chi connectivity index (χ3v) is 4.35. The van der Waals surface area contributed by atoms with Gasteiger partial charge in [0.15, 0.2) is 0 Å². The molecule has 5 heteroatoms. The molecule has 0 unspecified atom stereocenters. The Hall–Kier alpha value is -0.575. The van der Waals surface area contributed by atoms with Crippen molar-refractivity contribution < 1.29 is 9.31 Å². The quantitative estimate of drug-likeness (QED) is 0.780. The standard InChI is InChI=1S/C14H21BClNO2/c1-9(2)10-8-17-12(7-11(10)16)15-18-13(3,4)14(5,6)19-15/h7-9H,1-6H3. The van der Waals surface area contributed by atoms with Crippen molar-refractivity contribution in [3.05, 3.63) is 22.8 Å². The molecule has 2 rings (SSSR count). The van der Waals surface area contributed by atoms with E-state index in [4.69, 9.17) is 20.9 Å². The molecule has 104 valence electrons. The molecule has 0 aromatic carbocycles. The molecule has 0 atom stereocenters. The SMILES string of the molecule is CC(C)c1cnc(B2OC(C)(C)C(C)(C)O2)cc1Cl. The molecule has 2 heterocycles. The maximum absolute atomic E-state index is 6.29. The van der Waals surface area contributed by atoms with Gasteiger partial charge in [0.05, 0.1) is 16.8 Å². The normalized spacial score (nSPS) is 21.2. The van der Waals surface area contributed by atoms with Gasteiger partial charge in [-0.05, 0) is 45.2 Å². The third kappa shape index (κ3) is 2.67. The van der Waals surface area contributed by atoms with Crippen LogP contribution in [0.3, 0.4) is 0 Å². The summed E-state index contributed by atoms with van der Waals surface area (Å²) < 4.78 is 11.9. The molecular formula is C14H21BClNO2. The number of aromatic nitrogens is 1. The molecule has 1 aromatic heterocycles. The van der Waals surface area contributed by atoms with E-state index in [0.29, 0.717) is 5.92 Å². The minimum Gasteiger partial charge on any atom is -0.398 e. The summed E-state index contributed by atoms with van der Waals surface area (Å²) in [6, 6.07) is 1.85. The highest BCUT2D eigenvalue weighted by atomic mass is 35.5. The molecule has 1 aliphatic rings. The van der Waals surface area contributed by atoms with Crippen molar-refractivity contribution in [2.75, 3.05) is 0 Å². The van der Waals surface area contributed by atoms with Crippen LogP contribution in [-0.4, -0.2) is 23.3 Å². The van der Waals surface area contributed by atoms with Crippen molar-refractivity contribution >= 4 is 24.3 Å². The Balaban J connectivity index is 2.28. The second-order valence-electron chi connectivity index (χ2n) is 6.37. The monoisotopic (exact) mass is 281 g/mol. The zero-order valence-electron chi connectivity index (χ0n) is 12.5. The van der Waals surface area contributed by atoms with Gasteiger partial charge in [0, 0.05) is 11.2 Å². The highest BCUT2D eigenvalue weighted by Crippen LogP contribution is 2.36. The molecule has 0 radical (unpaired) electrons. The summed E-state index contributed by atoms with van der Waals surface area (Å²) in [4.78, 5) is 4.44. The van der Waals surface area contributed by atoms with Gasteiger partial charge in [-0.25, -0.2) is 0 Å². The molecule has 1 fully saturated rings. The van der Waals surface area contributed by atoms with E-state index in [-0.39, 0.29) is 11.2 Å². The molecule has 0 saturated carbocycles. The van der Waals surface area contributed by atoms with Gasteiger partial charge >= 0.3 is 7.12 Å². The Bertz CT molecular complexity index is 472. The number of nitrogens with zero attached hydrogens (tertiary/aromatic N) is 1. The van der Waals surface area contributed by atoms with E-state index in [2.05, 4.69) is 18.8 Å². The lowest BCUT2D eigenvalue weighted by Gasteiger charge is -2.32. The van der Waals surface area contributed by atoms with E-state index < -0.39 is 7.12 Å². The smallest absolute Gasteiger partial charge is 0.398 e. The summed E-state index contributed by atoms with van der Waals surface area (Å²) in [6.07, 6.45) is 1.81. The second kappa shape index (κ2) is 4.76. The van der Waals surface area contributed by atoms with Gasteiger partial charge in [0.25, 0.3) is 0 Å². The molecule has 1 aliphatic heterocycles. The summed E-state index contributed by atoms with van der Waals surface area (Å²) in [6.45, 7) is 12.3. The van der Waals surface area contributed by atoms with Crippen molar-refractivity contribution in [2.45, 2.75) is 58.7 Å². The van der Waals surface area contributed by atoms with Crippen LogP contribution in [0.15, 0.2) is 12.3 Å². The topological polar surface area (TPSA) is 31.4 Å². The van der Waals surface area contributed by atoms with E-state index in [0.717, 1.165) is 16.2 Å². The maximum Gasteiger partial charge on any atom is 0.514 e. The van der Waals surface area contributed by atoms with Crippen LogP contribution in [0.1, 0.15) is 53.0 Å². The van der Waals surface area contributed by atoms with Crippen LogP contribution in [0.25, 0.3) is 0 Å². The van der Waals surface area contributed by atoms with E-state index in [1.54, 1.807) is 0 Å². The zero-order valence-corrected chi connectivity index (χ0v) is 13.2. The first-order valence-electron chi connectivity index (χ1n) is 6.65. The molecule has 0 N–H and O–H groups in total. The third-order valence-electron chi connectivity index (χ3n) is 4.02. The number of hydrogen-bond donors (Lipinski definition) is 0. The van der Waals surface area contributed by atoms with Crippen LogP contribution >= 0.6 is 11.6 Å². The van der Waals surface area contributed by atoms with Gasteiger partial charge in [-0.15, -0.1) is 0 Å². The van der Waals surface area contributed by atoms with Crippen molar-refractivity contribution in [3.8, 4) is 0 Å². The van der Waals surface area contributed by atoms with Gasteiger partial charge < -0.3 is 9.31 Å². The molecule has 0 aliphatic carbocycles. The lowest BCUT2D eigenvalue weighted by atomic mass is 9.83. The van der Waals surface area contributed by atoms with Crippen LogP contribution in [0.2, 0.25) is 5.02 Å². The molecule has 19 heavy (non-hydrogen) atoms. The first-order chi connectivity index (χ1) is 8.64. The predicted molar refractivity (Wildman–Crippen MR) is 79.1 cm³/mol. The molecule has 1 saturated heterocycles. The number of halogens is 1. The van der Waals surface area contributed by atoms with E-state index in [1.807, 2.05) is 40.0 Å². The van der Waals surface area contributed by atoms with Crippen molar-refractivity contribution in [3.63, 3.8) is 0 Å². The number of pyridine rings is 1. The van der Waals surface area contributed by atoms with Crippen molar-refractivity contribution in [2.24, 2.45) is 0 Å². The van der Waals surface area contributed by atoms with E-state index in [1.165, 1.54) is 0 Å². The summed E-state index contributed by atoms with van der Waals surface area (Å²) >= 11 is 6.29. The van der Waals surface area contributed by atoms with Crippen LogP contribution in [0.5, 0.6) is 0 Å². The molecule has 3 nitrogen and oxygen atoms in total. The number of hydrogen-bond acceptors (Lipinski definition) is 3. The Kier molecular flexibility index (Phi) is 3.71. The Morgan fingerprint density at radius 3 is 2.11 bits per heavy atom. The van der Waals surface area contributed by atoms with Gasteiger partial charge in [-0.1, -0.05) is 25.4 Å². The fourth-order valence-corrected chi connectivity index (χ4v) is 2.35. The van der Waals surface area contributed by atoms with Gasteiger partial charge in [-0.3, -0.25) is 4.98 Å². The summed E-state index contributed by atoms with van der Waals surface area (Å²) in [5, 5.41) is 0.717. The lowest BCUT2D eigenvalue weighted by Crippen LogP contribution is -2.41. The molecule has 0 bridgehead atoms. The average Bonchev–Trinajstić information content (AvgIpc) is 2.47. The largest absolute Gasteiger partial charge is 0.514 e. The Morgan fingerprint density at radius 2 is 1.68 bits per heavy atom. The Labute approximate surface area is 120 Å². The van der Waals surface area contributed by atoms with Gasteiger partial charge in [0.1, 0.15) is 0 Å². The highest BCUT2D eigenvalue weighted by molar-refractivity contribution is 6.61. The van der Waals surface area contributed by atoms with E-state index >= 15 is 0 Å².